The molecule has 3 rings (SSSR count). The summed E-state index contributed by atoms with van der Waals surface area (Å²) in [7, 11) is 0. The van der Waals surface area contributed by atoms with Crippen LogP contribution in [0, 0.1) is 0 Å². The first-order chi connectivity index (χ1) is 16.3. The lowest BCUT2D eigenvalue weighted by Crippen LogP contribution is -2.26. The Bertz CT molecular complexity index is 1020. The van der Waals surface area contributed by atoms with Crippen molar-refractivity contribution in [2.75, 3.05) is 13.1 Å². The van der Waals surface area contributed by atoms with Gasteiger partial charge in [0.1, 0.15) is 0 Å². The molecule has 0 aliphatic carbocycles. The summed E-state index contributed by atoms with van der Waals surface area (Å²) in [6.07, 6.45) is 19.7. The first-order valence-corrected chi connectivity index (χ1v) is 12.5. The number of hydrogen-bond donors (Lipinski definition) is 1. The molecule has 2 heterocycles. The number of aromatic amines is 1. The lowest BCUT2D eigenvalue weighted by molar-refractivity contribution is 0.346. The van der Waals surface area contributed by atoms with Gasteiger partial charge < -0.3 is 9.88 Å². The maximum Gasteiger partial charge on any atom is 0.0482 e. The van der Waals surface area contributed by atoms with Gasteiger partial charge in [0.2, 0.25) is 0 Å². The molecule has 0 unspecified atom stereocenters. The zero-order valence-electron chi connectivity index (χ0n) is 20.6. The van der Waals surface area contributed by atoms with Crippen molar-refractivity contribution >= 4 is 16.5 Å². The van der Waals surface area contributed by atoms with E-state index in [4.69, 9.17) is 0 Å². The maximum absolute atomic E-state index is 4.12. The molecule has 0 radical (unpaired) electrons. The standard InChI is InChI=1S/C30H39N3/c1-4-7-17-30(27(13-5-2)29-24-26-15-10-11-16-28(26)32-29)33(22-6-3)23-12-8-9-14-25-18-20-31-21-19-25/h4,7,10-11,13,15-21,24,32H,5-6,8-9,12,14,22-23H2,1-3H3/b7-4-,27-13+,30-17+. The van der Waals surface area contributed by atoms with Crippen LogP contribution in [-0.2, 0) is 6.42 Å². The normalized spacial score (nSPS) is 12.7. The van der Waals surface area contributed by atoms with Crippen LogP contribution in [0.4, 0.5) is 0 Å². The van der Waals surface area contributed by atoms with Crippen molar-refractivity contribution in [1.29, 1.82) is 0 Å². The Morgan fingerprint density at radius 2 is 1.82 bits per heavy atom. The fourth-order valence-corrected chi connectivity index (χ4v) is 4.31. The third-order valence-corrected chi connectivity index (χ3v) is 5.93. The summed E-state index contributed by atoms with van der Waals surface area (Å²) in [5.41, 5.74) is 6.40. The molecule has 1 aromatic carbocycles. The van der Waals surface area contributed by atoms with Crippen molar-refractivity contribution in [3.05, 3.63) is 96.1 Å². The Hall–Kier alpha value is -3.07. The van der Waals surface area contributed by atoms with Crippen LogP contribution in [0.15, 0.2) is 84.9 Å². The summed E-state index contributed by atoms with van der Waals surface area (Å²) in [5.74, 6) is 0. The largest absolute Gasteiger partial charge is 0.371 e. The van der Waals surface area contributed by atoms with Gasteiger partial charge in [0, 0.05) is 53.4 Å². The van der Waals surface area contributed by atoms with Gasteiger partial charge in [0.15, 0.2) is 0 Å². The number of nitrogens with one attached hydrogen (secondary N) is 1. The van der Waals surface area contributed by atoms with E-state index in [-0.39, 0.29) is 0 Å². The van der Waals surface area contributed by atoms with E-state index in [1.165, 1.54) is 52.7 Å². The molecule has 174 valence electrons. The number of rotatable bonds is 13. The highest BCUT2D eigenvalue weighted by Gasteiger charge is 2.16. The van der Waals surface area contributed by atoms with Gasteiger partial charge in [0.25, 0.3) is 0 Å². The predicted molar refractivity (Wildman–Crippen MR) is 143 cm³/mol. The van der Waals surface area contributed by atoms with Crippen molar-refractivity contribution in [3.63, 3.8) is 0 Å². The molecule has 33 heavy (non-hydrogen) atoms. The van der Waals surface area contributed by atoms with Crippen LogP contribution in [0.3, 0.4) is 0 Å². The van der Waals surface area contributed by atoms with E-state index in [1.807, 2.05) is 12.4 Å². The molecule has 0 atom stereocenters. The smallest absolute Gasteiger partial charge is 0.0482 e. The number of benzene rings is 1. The van der Waals surface area contributed by atoms with Crippen molar-refractivity contribution in [2.45, 2.75) is 59.3 Å². The van der Waals surface area contributed by atoms with E-state index >= 15 is 0 Å². The molecule has 0 amide bonds. The minimum absolute atomic E-state index is 1.00. The first kappa shape index (κ1) is 24.6. The molecule has 2 aromatic heterocycles. The molecule has 0 spiro atoms. The quantitative estimate of drug-likeness (QED) is 0.216. The highest BCUT2D eigenvalue weighted by atomic mass is 15.1. The summed E-state index contributed by atoms with van der Waals surface area (Å²) in [6.45, 7) is 8.72. The number of unbranched alkanes of at least 4 members (excludes halogenated alkanes) is 2. The van der Waals surface area contributed by atoms with E-state index in [0.29, 0.717) is 0 Å². The van der Waals surface area contributed by atoms with E-state index < -0.39 is 0 Å². The van der Waals surface area contributed by atoms with Gasteiger partial charge in [-0.25, -0.2) is 0 Å². The molecule has 0 saturated heterocycles. The number of fused-ring (bicyclic) bond motifs is 1. The van der Waals surface area contributed by atoms with E-state index in [9.17, 15) is 0 Å². The summed E-state index contributed by atoms with van der Waals surface area (Å²) >= 11 is 0. The van der Waals surface area contributed by atoms with Crippen molar-refractivity contribution < 1.29 is 0 Å². The Kier molecular flexibility index (Phi) is 10.0. The minimum Gasteiger partial charge on any atom is -0.371 e. The number of hydrogen-bond acceptors (Lipinski definition) is 2. The van der Waals surface area contributed by atoms with Crippen molar-refractivity contribution in [3.8, 4) is 0 Å². The number of aromatic nitrogens is 2. The molecule has 0 aliphatic heterocycles. The van der Waals surface area contributed by atoms with Crippen LogP contribution in [0.25, 0.3) is 16.5 Å². The van der Waals surface area contributed by atoms with Crippen LogP contribution < -0.4 is 0 Å². The summed E-state index contributed by atoms with van der Waals surface area (Å²) in [5, 5.41) is 1.26. The number of H-pyrrole nitrogens is 1. The molecule has 0 aliphatic rings. The van der Waals surface area contributed by atoms with Gasteiger partial charge >= 0.3 is 0 Å². The zero-order chi connectivity index (χ0) is 23.3. The molecular formula is C30H39N3. The van der Waals surface area contributed by atoms with Gasteiger partial charge in [-0.1, -0.05) is 56.7 Å². The summed E-state index contributed by atoms with van der Waals surface area (Å²) < 4.78 is 0. The van der Waals surface area contributed by atoms with Gasteiger partial charge in [-0.2, -0.15) is 0 Å². The summed E-state index contributed by atoms with van der Waals surface area (Å²) in [4.78, 5) is 10.4. The zero-order valence-corrected chi connectivity index (χ0v) is 20.6. The van der Waals surface area contributed by atoms with Crippen LogP contribution >= 0.6 is 0 Å². The van der Waals surface area contributed by atoms with Gasteiger partial charge in [0.05, 0.1) is 0 Å². The Morgan fingerprint density at radius 3 is 2.55 bits per heavy atom. The molecular weight excluding hydrogens is 402 g/mol. The number of aryl methyl sites for hydroxylation is 1. The average molecular weight is 442 g/mol. The van der Waals surface area contributed by atoms with E-state index in [0.717, 1.165) is 32.4 Å². The van der Waals surface area contributed by atoms with Crippen molar-refractivity contribution in [2.24, 2.45) is 0 Å². The third kappa shape index (κ3) is 7.21. The van der Waals surface area contributed by atoms with Gasteiger partial charge in [-0.15, -0.1) is 0 Å². The Labute approximate surface area is 199 Å². The number of para-hydroxylation sites is 1. The SMILES string of the molecule is C\C=C/C=C(\C(=C\CC)c1cc2ccccc2[nH]1)N(CCC)CCCCCc1ccncc1. The molecule has 0 bridgehead atoms. The van der Waals surface area contributed by atoms with Crippen LogP contribution in [-0.4, -0.2) is 28.0 Å². The highest BCUT2D eigenvalue weighted by molar-refractivity contribution is 5.88. The Balaban J connectivity index is 1.76. The van der Waals surface area contributed by atoms with E-state index in [1.54, 1.807) is 0 Å². The van der Waals surface area contributed by atoms with Gasteiger partial charge in [-0.05, 0) is 74.9 Å². The lowest BCUT2D eigenvalue weighted by Gasteiger charge is -2.29. The van der Waals surface area contributed by atoms with Crippen molar-refractivity contribution in [1.82, 2.24) is 14.9 Å². The molecule has 3 nitrogen and oxygen atoms in total. The number of pyridine rings is 1. The van der Waals surface area contributed by atoms with Crippen LogP contribution in [0.1, 0.15) is 64.1 Å². The highest BCUT2D eigenvalue weighted by Crippen LogP contribution is 2.30. The minimum atomic E-state index is 1.00. The fourth-order valence-electron chi connectivity index (χ4n) is 4.31. The second-order valence-electron chi connectivity index (χ2n) is 8.53. The molecule has 0 saturated carbocycles. The first-order valence-electron chi connectivity index (χ1n) is 12.5. The van der Waals surface area contributed by atoms with Crippen LogP contribution in [0.5, 0.6) is 0 Å². The molecule has 1 N–H and O–H groups in total. The Morgan fingerprint density at radius 1 is 1.00 bits per heavy atom. The summed E-state index contributed by atoms with van der Waals surface area (Å²) in [6, 6.07) is 15.1. The maximum atomic E-state index is 4.12. The van der Waals surface area contributed by atoms with Gasteiger partial charge in [-0.3, -0.25) is 4.98 Å². The number of nitrogens with zero attached hydrogens (tertiary/aromatic N) is 2. The number of allylic oxidation sites excluding steroid dienone is 5. The topological polar surface area (TPSA) is 31.9 Å². The lowest BCUT2D eigenvalue weighted by atomic mass is 10.0. The molecule has 3 aromatic rings. The second kappa shape index (κ2) is 13.5. The average Bonchev–Trinajstić information content (AvgIpc) is 3.28. The second-order valence-corrected chi connectivity index (χ2v) is 8.53. The molecule has 0 fully saturated rings. The monoisotopic (exact) mass is 441 g/mol. The van der Waals surface area contributed by atoms with E-state index in [2.05, 4.69) is 102 Å². The molecule has 3 heteroatoms. The van der Waals surface area contributed by atoms with Crippen LogP contribution in [0.2, 0.25) is 0 Å². The third-order valence-electron chi connectivity index (χ3n) is 5.93. The predicted octanol–water partition coefficient (Wildman–Crippen LogP) is 7.94. The fraction of sp³-hybridized carbons (Fsp3) is 0.367.